The number of hydrogen-bond acceptors (Lipinski definition) is 3. The van der Waals surface area contributed by atoms with E-state index in [1.165, 1.54) is 0 Å². The Labute approximate surface area is 130 Å². The van der Waals surface area contributed by atoms with E-state index in [2.05, 4.69) is 10.4 Å². The molecular weight excluding hydrogens is 288 g/mol. The predicted molar refractivity (Wildman–Crippen MR) is 77.7 cm³/mol. The lowest BCUT2D eigenvalue weighted by Gasteiger charge is -2.07. The van der Waals surface area contributed by atoms with Crippen LogP contribution in [0.2, 0.25) is 0 Å². The lowest BCUT2D eigenvalue weighted by atomic mass is 10.1. The van der Waals surface area contributed by atoms with E-state index in [1.807, 2.05) is 43.3 Å². The van der Waals surface area contributed by atoms with E-state index >= 15 is 0 Å². The molecule has 0 atom stereocenters. The molecule has 3 N–H and O–H groups in total. The van der Waals surface area contributed by atoms with Crippen molar-refractivity contribution in [3.05, 3.63) is 42.0 Å². The third-order valence-corrected chi connectivity index (χ3v) is 3.11. The van der Waals surface area contributed by atoms with Gasteiger partial charge in [0.25, 0.3) is 5.82 Å². The summed E-state index contributed by atoms with van der Waals surface area (Å²) in [5.41, 5.74) is 9.03. The topological polar surface area (TPSA) is 71.9 Å². The second-order valence-electron chi connectivity index (χ2n) is 4.61. The van der Waals surface area contributed by atoms with Gasteiger partial charge in [-0.15, -0.1) is 4.68 Å². The minimum Gasteiger partial charge on any atom is -1.00 e. The lowest BCUT2D eigenvalue weighted by Crippen LogP contribution is -3.00. The maximum absolute atomic E-state index is 10.2. The molecule has 6 heteroatoms. The van der Waals surface area contributed by atoms with Crippen molar-refractivity contribution in [1.82, 2.24) is 10.4 Å². The molecule has 0 aliphatic rings. The van der Waals surface area contributed by atoms with Crippen LogP contribution in [0.25, 0.3) is 11.3 Å². The van der Waals surface area contributed by atoms with Gasteiger partial charge in [-0.3, -0.25) is 10.5 Å². The van der Waals surface area contributed by atoms with Crippen molar-refractivity contribution in [2.24, 2.45) is 0 Å². The van der Waals surface area contributed by atoms with Crippen LogP contribution < -0.4 is 28.1 Å². The molecule has 0 saturated heterocycles. The number of nitrogens with one attached hydrogen (secondary N) is 1. The molecule has 21 heavy (non-hydrogen) atoms. The molecule has 5 nitrogen and oxygen atoms in total. The van der Waals surface area contributed by atoms with Crippen molar-refractivity contribution in [2.45, 2.75) is 19.9 Å². The van der Waals surface area contributed by atoms with Crippen LogP contribution in [0.3, 0.4) is 0 Å². The summed E-state index contributed by atoms with van der Waals surface area (Å²) in [7, 11) is 0. The summed E-state index contributed by atoms with van der Waals surface area (Å²) in [5, 5.41) is 7.21. The number of anilines is 1. The number of amides is 1. The number of hydrogen-bond donors (Lipinski definition) is 2. The zero-order valence-corrected chi connectivity index (χ0v) is 12.7. The summed E-state index contributed by atoms with van der Waals surface area (Å²) in [6.45, 7) is 3.27. The van der Waals surface area contributed by atoms with Gasteiger partial charge in [-0.2, -0.15) is 0 Å². The number of benzene rings is 1. The number of carbonyl (C=O) groups excluding carboxylic acids is 1. The van der Waals surface area contributed by atoms with Gasteiger partial charge in [0, 0.05) is 24.1 Å². The zero-order valence-electron chi connectivity index (χ0n) is 11.9. The highest BCUT2D eigenvalue weighted by Crippen LogP contribution is 2.17. The molecule has 0 fully saturated rings. The summed E-state index contributed by atoms with van der Waals surface area (Å²) < 4.78 is 1.80. The number of aromatic nitrogens is 2. The molecular formula is C15H19ClN4O. The summed E-state index contributed by atoms with van der Waals surface area (Å²) >= 11 is 0. The van der Waals surface area contributed by atoms with Gasteiger partial charge in [0.05, 0.1) is 0 Å². The SMILES string of the molecule is Cc1cc(-c2ccccc2)n[n+](CCCNC=O)c1N.[Cl-]. The molecule has 112 valence electrons. The zero-order chi connectivity index (χ0) is 14.4. The van der Waals surface area contributed by atoms with Gasteiger partial charge in [0.1, 0.15) is 12.2 Å². The summed E-state index contributed by atoms with van der Waals surface area (Å²) in [4.78, 5) is 10.2. The standard InChI is InChI=1S/C15H18N4O.ClH/c1-12-10-14(13-6-3-2-4-7-13)18-19(15(12)16)9-5-8-17-11-20;/h2-4,6-7,10-11,16H,5,8-9H2,1H3,(H,17,20);1H. The smallest absolute Gasteiger partial charge is 0.295 e. The van der Waals surface area contributed by atoms with Gasteiger partial charge >= 0.3 is 0 Å². The van der Waals surface area contributed by atoms with E-state index in [9.17, 15) is 4.79 Å². The normalized spacial score (nSPS) is 9.76. The number of nitrogens with two attached hydrogens (primary N) is 1. The van der Waals surface area contributed by atoms with E-state index in [1.54, 1.807) is 4.68 Å². The van der Waals surface area contributed by atoms with Gasteiger partial charge in [-0.1, -0.05) is 35.4 Å². The van der Waals surface area contributed by atoms with Crippen molar-refractivity contribution in [2.75, 3.05) is 12.3 Å². The monoisotopic (exact) mass is 306 g/mol. The van der Waals surface area contributed by atoms with Crippen LogP contribution in [0.4, 0.5) is 5.82 Å². The molecule has 0 bridgehead atoms. The minimum atomic E-state index is 0. The molecule has 0 aliphatic heterocycles. The summed E-state index contributed by atoms with van der Waals surface area (Å²) in [5.74, 6) is 0.663. The van der Waals surface area contributed by atoms with E-state index in [0.717, 1.165) is 23.2 Å². The lowest BCUT2D eigenvalue weighted by molar-refractivity contribution is -0.739. The Kier molecular flexibility index (Phi) is 6.62. The number of nitrogens with zero attached hydrogens (tertiary/aromatic N) is 2. The minimum absolute atomic E-state index is 0. The van der Waals surface area contributed by atoms with Crippen LogP contribution in [-0.2, 0) is 11.3 Å². The Morgan fingerprint density at radius 2 is 2.05 bits per heavy atom. The molecule has 2 aromatic rings. The van der Waals surface area contributed by atoms with Crippen molar-refractivity contribution < 1.29 is 21.9 Å². The first kappa shape index (κ1) is 16.9. The van der Waals surface area contributed by atoms with Crippen molar-refractivity contribution in [1.29, 1.82) is 0 Å². The Morgan fingerprint density at radius 3 is 2.71 bits per heavy atom. The second-order valence-corrected chi connectivity index (χ2v) is 4.61. The van der Waals surface area contributed by atoms with Crippen LogP contribution in [-0.4, -0.2) is 18.1 Å². The van der Waals surface area contributed by atoms with Gasteiger partial charge in [-0.05, 0) is 13.0 Å². The second kappa shape index (κ2) is 8.21. The highest BCUT2D eigenvalue weighted by Gasteiger charge is 2.13. The van der Waals surface area contributed by atoms with E-state index in [0.29, 0.717) is 25.3 Å². The van der Waals surface area contributed by atoms with Crippen LogP contribution in [0.5, 0.6) is 0 Å². The van der Waals surface area contributed by atoms with Gasteiger partial charge in [-0.25, -0.2) is 0 Å². The Morgan fingerprint density at radius 1 is 1.33 bits per heavy atom. The first-order chi connectivity index (χ1) is 9.72. The van der Waals surface area contributed by atoms with Gasteiger partial charge in [0.15, 0.2) is 0 Å². The number of halogens is 1. The molecule has 0 unspecified atom stereocenters. The van der Waals surface area contributed by atoms with Crippen molar-refractivity contribution in [3.8, 4) is 11.3 Å². The largest absolute Gasteiger partial charge is 1.00 e. The fourth-order valence-corrected chi connectivity index (χ4v) is 2.01. The molecule has 0 radical (unpaired) electrons. The summed E-state index contributed by atoms with van der Waals surface area (Å²) in [6, 6.07) is 12.0. The Bertz CT molecular complexity index is 590. The number of rotatable bonds is 6. The fourth-order valence-electron chi connectivity index (χ4n) is 2.01. The average Bonchev–Trinajstić information content (AvgIpc) is 2.48. The van der Waals surface area contributed by atoms with Crippen LogP contribution >= 0.6 is 0 Å². The highest BCUT2D eigenvalue weighted by atomic mass is 35.5. The highest BCUT2D eigenvalue weighted by molar-refractivity contribution is 5.59. The number of carbonyl (C=O) groups is 1. The molecule has 1 aromatic carbocycles. The third-order valence-electron chi connectivity index (χ3n) is 3.11. The van der Waals surface area contributed by atoms with Crippen molar-refractivity contribution in [3.63, 3.8) is 0 Å². The number of nitrogen functional groups attached to an aromatic ring is 1. The number of aryl methyl sites for hydroxylation is 2. The Balaban J connectivity index is 0.00000220. The molecule has 0 saturated carbocycles. The van der Waals surface area contributed by atoms with Crippen LogP contribution in [0, 0.1) is 6.92 Å². The molecule has 1 amide bonds. The molecule has 2 rings (SSSR count). The molecule has 0 spiro atoms. The maximum atomic E-state index is 10.2. The molecule has 0 aliphatic carbocycles. The Hall–Kier alpha value is -2.14. The van der Waals surface area contributed by atoms with Gasteiger partial charge in [0.2, 0.25) is 6.41 Å². The van der Waals surface area contributed by atoms with Crippen LogP contribution in [0.15, 0.2) is 36.4 Å². The first-order valence-electron chi connectivity index (χ1n) is 6.62. The molecule has 1 aromatic heterocycles. The van der Waals surface area contributed by atoms with Gasteiger partial charge < -0.3 is 17.7 Å². The quantitative estimate of drug-likeness (QED) is 0.371. The average molecular weight is 307 g/mol. The van der Waals surface area contributed by atoms with Crippen LogP contribution in [0.1, 0.15) is 12.0 Å². The van der Waals surface area contributed by atoms with Crippen molar-refractivity contribution >= 4 is 12.2 Å². The third kappa shape index (κ3) is 4.43. The first-order valence-corrected chi connectivity index (χ1v) is 6.62. The predicted octanol–water partition coefficient (Wildman–Crippen LogP) is -1.93. The van der Waals surface area contributed by atoms with E-state index in [4.69, 9.17) is 5.73 Å². The maximum Gasteiger partial charge on any atom is 0.295 e. The summed E-state index contributed by atoms with van der Waals surface area (Å²) in [6.07, 6.45) is 1.49. The van der Waals surface area contributed by atoms with E-state index in [-0.39, 0.29) is 12.4 Å². The fraction of sp³-hybridized carbons (Fsp3) is 0.267. The van der Waals surface area contributed by atoms with E-state index < -0.39 is 0 Å². The molecule has 1 heterocycles.